The van der Waals surface area contributed by atoms with E-state index in [1.165, 1.54) is 25.3 Å². The lowest BCUT2D eigenvalue weighted by Crippen LogP contribution is -2.42. The third kappa shape index (κ3) is 4.24. The van der Waals surface area contributed by atoms with Crippen LogP contribution in [-0.4, -0.2) is 24.1 Å². The maximum Gasteiger partial charge on any atom is 0.304 e. The van der Waals surface area contributed by atoms with E-state index in [4.69, 9.17) is 4.74 Å². The standard InChI is InChI=1S/C18H24FNO4/c1-18(11-16(21)22,12-6-4-3-5-7-12)17(23)20-14-8-13(19)9-15(10-14)24-2/h8-10,12H,3-7,11H2,1-2H3,(H,20,23)(H,21,22). The van der Waals surface area contributed by atoms with E-state index in [1.807, 2.05) is 0 Å². The number of hydrogen-bond donors (Lipinski definition) is 2. The van der Waals surface area contributed by atoms with Gasteiger partial charge in [-0.2, -0.15) is 0 Å². The van der Waals surface area contributed by atoms with Gasteiger partial charge in [0.05, 0.1) is 18.9 Å². The number of amides is 1. The molecule has 1 aliphatic carbocycles. The molecule has 1 aromatic carbocycles. The van der Waals surface area contributed by atoms with Crippen molar-refractivity contribution in [1.82, 2.24) is 0 Å². The zero-order valence-corrected chi connectivity index (χ0v) is 14.1. The summed E-state index contributed by atoms with van der Waals surface area (Å²) >= 11 is 0. The van der Waals surface area contributed by atoms with Crippen LogP contribution in [0.25, 0.3) is 0 Å². The molecular weight excluding hydrogens is 313 g/mol. The molecule has 0 saturated heterocycles. The second-order valence-corrected chi connectivity index (χ2v) is 6.66. The number of carbonyl (C=O) groups excluding carboxylic acids is 1. The zero-order chi connectivity index (χ0) is 17.7. The van der Waals surface area contributed by atoms with E-state index < -0.39 is 17.2 Å². The lowest BCUT2D eigenvalue weighted by atomic mass is 9.67. The fourth-order valence-electron chi connectivity index (χ4n) is 3.49. The van der Waals surface area contributed by atoms with Gasteiger partial charge < -0.3 is 15.2 Å². The fraction of sp³-hybridized carbons (Fsp3) is 0.556. The first-order valence-corrected chi connectivity index (χ1v) is 8.23. The molecule has 0 bridgehead atoms. The van der Waals surface area contributed by atoms with E-state index in [-0.39, 0.29) is 23.9 Å². The molecule has 2 N–H and O–H groups in total. The first-order chi connectivity index (χ1) is 11.3. The average molecular weight is 337 g/mol. The van der Waals surface area contributed by atoms with Crippen molar-refractivity contribution in [2.24, 2.45) is 11.3 Å². The SMILES string of the molecule is COc1cc(F)cc(NC(=O)C(C)(CC(=O)O)C2CCCCC2)c1. The smallest absolute Gasteiger partial charge is 0.304 e. The van der Waals surface area contributed by atoms with Gasteiger partial charge in [-0.3, -0.25) is 9.59 Å². The van der Waals surface area contributed by atoms with Crippen LogP contribution in [0, 0.1) is 17.2 Å². The molecule has 5 nitrogen and oxygen atoms in total. The monoisotopic (exact) mass is 337 g/mol. The molecule has 132 valence electrons. The third-order valence-electron chi connectivity index (χ3n) is 4.91. The number of carboxylic acids is 1. The van der Waals surface area contributed by atoms with Crippen LogP contribution in [0.1, 0.15) is 45.4 Å². The van der Waals surface area contributed by atoms with Crippen molar-refractivity contribution in [2.75, 3.05) is 12.4 Å². The Balaban J connectivity index is 2.24. The van der Waals surface area contributed by atoms with Crippen molar-refractivity contribution in [3.05, 3.63) is 24.0 Å². The van der Waals surface area contributed by atoms with Gasteiger partial charge in [0.15, 0.2) is 0 Å². The highest BCUT2D eigenvalue weighted by atomic mass is 19.1. The number of anilines is 1. The van der Waals surface area contributed by atoms with Crippen LogP contribution < -0.4 is 10.1 Å². The molecule has 1 amide bonds. The summed E-state index contributed by atoms with van der Waals surface area (Å²) in [5, 5.41) is 11.9. The molecule has 0 spiro atoms. The quantitative estimate of drug-likeness (QED) is 0.827. The van der Waals surface area contributed by atoms with Crippen molar-refractivity contribution in [3.8, 4) is 5.75 Å². The highest BCUT2D eigenvalue weighted by molar-refractivity contribution is 5.97. The Kier molecular flexibility index (Phi) is 5.80. The van der Waals surface area contributed by atoms with Crippen LogP contribution in [0.4, 0.5) is 10.1 Å². The summed E-state index contributed by atoms with van der Waals surface area (Å²) in [7, 11) is 1.41. The molecule has 0 aliphatic heterocycles. The third-order valence-corrected chi connectivity index (χ3v) is 4.91. The van der Waals surface area contributed by atoms with Gasteiger partial charge in [0.2, 0.25) is 5.91 Å². The minimum Gasteiger partial charge on any atom is -0.497 e. The average Bonchev–Trinajstić information content (AvgIpc) is 2.54. The molecule has 1 unspecified atom stereocenters. The highest BCUT2D eigenvalue weighted by Crippen LogP contribution is 2.42. The normalized spacial score (nSPS) is 17.8. The number of carbonyl (C=O) groups is 2. The summed E-state index contributed by atoms with van der Waals surface area (Å²) in [5.74, 6) is -1.61. The Bertz CT molecular complexity index is 613. The summed E-state index contributed by atoms with van der Waals surface area (Å²) in [6, 6.07) is 3.93. The van der Waals surface area contributed by atoms with Gasteiger partial charge in [0, 0.05) is 17.8 Å². The fourth-order valence-corrected chi connectivity index (χ4v) is 3.49. The number of rotatable bonds is 6. The van der Waals surface area contributed by atoms with E-state index in [0.29, 0.717) is 5.75 Å². The van der Waals surface area contributed by atoms with E-state index in [9.17, 15) is 19.1 Å². The van der Waals surface area contributed by atoms with Gasteiger partial charge in [0.1, 0.15) is 11.6 Å². The molecule has 1 atom stereocenters. The molecule has 1 aliphatic rings. The van der Waals surface area contributed by atoms with Gasteiger partial charge in [-0.05, 0) is 31.7 Å². The van der Waals surface area contributed by atoms with Crippen LogP contribution in [0.2, 0.25) is 0 Å². The van der Waals surface area contributed by atoms with Gasteiger partial charge in [-0.1, -0.05) is 19.3 Å². The molecule has 24 heavy (non-hydrogen) atoms. The first-order valence-electron chi connectivity index (χ1n) is 8.23. The Labute approximate surface area is 141 Å². The van der Waals surface area contributed by atoms with Crippen molar-refractivity contribution in [2.45, 2.75) is 45.4 Å². The van der Waals surface area contributed by atoms with E-state index in [0.717, 1.165) is 32.1 Å². The Morgan fingerprint density at radius 3 is 2.54 bits per heavy atom. The van der Waals surface area contributed by atoms with E-state index >= 15 is 0 Å². The van der Waals surface area contributed by atoms with E-state index in [1.54, 1.807) is 6.92 Å². The van der Waals surface area contributed by atoms with Gasteiger partial charge in [0.25, 0.3) is 0 Å². The zero-order valence-electron chi connectivity index (χ0n) is 14.1. The molecular formula is C18H24FNO4. The number of ether oxygens (including phenoxy) is 1. The van der Waals surface area contributed by atoms with E-state index in [2.05, 4.69) is 5.32 Å². The first kappa shape index (κ1) is 18.2. The summed E-state index contributed by atoms with van der Waals surface area (Å²) in [6.45, 7) is 1.70. The van der Waals surface area contributed by atoms with Crippen LogP contribution in [0.5, 0.6) is 5.75 Å². The molecule has 6 heteroatoms. The summed E-state index contributed by atoms with van der Waals surface area (Å²) in [4.78, 5) is 24.2. The van der Waals surface area contributed by atoms with Crippen LogP contribution in [-0.2, 0) is 9.59 Å². The highest BCUT2D eigenvalue weighted by Gasteiger charge is 2.43. The predicted molar refractivity (Wildman–Crippen MR) is 88.5 cm³/mol. The number of nitrogens with one attached hydrogen (secondary N) is 1. The van der Waals surface area contributed by atoms with Gasteiger partial charge in [-0.25, -0.2) is 4.39 Å². The maximum absolute atomic E-state index is 13.6. The summed E-state index contributed by atoms with van der Waals surface area (Å²) in [5.41, 5.74) is -0.754. The maximum atomic E-state index is 13.6. The molecule has 1 fully saturated rings. The number of hydrogen-bond acceptors (Lipinski definition) is 3. The molecule has 2 rings (SSSR count). The number of benzene rings is 1. The Hall–Kier alpha value is -2.11. The van der Waals surface area contributed by atoms with Gasteiger partial charge >= 0.3 is 5.97 Å². The number of carboxylic acid groups (broad SMARTS) is 1. The second kappa shape index (κ2) is 7.64. The predicted octanol–water partition coefficient (Wildman–Crippen LogP) is 3.83. The van der Waals surface area contributed by atoms with Crippen molar-refractivity contribution >= 4 is 17.6 Å². The molecule has 1 saturated carbocycles. The second-order valence-electron chi connectivity index (χ2n) is 6.66. The number of halogens is 1. The lowest BCUT2D eigenvalue weighted by Gasteiger charge is -2.37. The Morgan fingerprint density at radius 1 is 1.29 bits per heavy atom. The molecule has 0 heterocycles. The minimum absolute atomic E-state index is 0.0119. The lowest BCUT2D eigenvalue weighted by molar-refractivity contribution is -0.145. The largest absolute Gasteiger partial charge is 0.497 e. The van der Waals surface area contributed by atoms with Crippen LogP contribution in [0.3, 0.4) is 0 Å². The Morgan fingerprint density at radius 2 is 1.96 bits per heavy atom. The van der Waals surface area contributed by atoms with Gasteiger partial charge in [-0.15, -0.1) is 0 Å². The van der Waals surface area contributed by atoms with Crippen molar-refractivity contribution < 1.29 is 23.8 Å². The number of methoxy groups -OCH3 is 1. The summed E-state index contributed by atoms with van der Waals surface area (Å²) in [6.07, 6.45) is 4.55. The molecule has 1 aromatic rings. The van der Waals surface area contributed by atoms with Crippen LogP contribution >= 0.6 is 0 Å². The number of aliphatic carboxylic acids is 1. The molecule has 0 radical (unpaired) electrons. The van der Waals surface area contributed by atoms with Crippen LogP contribution in [0.15, 0.2) is 18.2 Å². The topological polar surface area (TPSA) is 75.6 Å². The minimum atomic E-state index is -1.02. The van der Waals surface area contributed by atoms with Crippen molar-refractivity contribution in [1.29, 1.82) is 0 Å². The molecule has 0 aromatic heterocycles. The van der Waals surface area contributed by atoms with Crippen molar-refractivity contribution in [3.63, 3.8) is 0 Å². The summed E-state index contributed by atoms with van der Waals surface area (Å²) < 4.78 is 18.6.